The Hall–Kier alpha value is -1.13. The number of nitrogens with one attached hydrogen (secondary N) is 1. The van der Waals surface area contributed by atoms with Gasteiger partial charge in [0.1, 0.15) is 0 Å². The fraction of sp³-hybridized carbons (Fsp3) is 0.588. The predicted octanol–water partition coefficient (Wildman–Crippen LogP) is 4.13. The summed E-state index contributed by atoms with van der Waals surface area (Å²) in [6, 6.07) is 2.74. The summed E-state index contributed by atoms with van der Waals surface area (Å²) in [5, 5.41) is 10.5. The van der Waals surface area contributed by atoms with Crippen molar-refractivity contribution in [1.82, 2.24) is 15.1 Å². The lowest BCUT2D eigenvalue weighted by atomic mass is 9.80. The number of aryl methyl sites for hydroxylation is 2. The highest BCUT2D eigenvalue weighted by molar-refractivity contribution is 7.10. The van der Waals surface area contributed by atoms with Gasteiger partial charge < -0.3 is 5.32 Å². The second kappa shape index (κ2) is 6.75. The summed E-state index contributed by atoms with van der Waals surface area (Å²) < 4.78 is 2.04. The van der Waals surface area contributed by atoms with Crippen molar-refractivity contribution in [3.8, 4) is 0 Å². The standard InChI is InChI=1S/C17H25N3S/c1-3-9-18-17(13-11-19-20(4-2)12-13)15-6-5-7-16-14(15)8-10-21-16/h8,10-12,15,17-18H,3-7,9H2,1-2H3. The van der Waals surface area contributed by atoms with E-state index in [1.165, 1.54) is 31.2 Å². The third-order valence-electron chi connectivity index (χ3n) is 4.45. The van der Waals surface area contributed by atoms with Crippen LogP contribution in [0.1, 0.15) is 61.1 Å². The second-order valence-electron chi connectivity index (χ2n) is 5.86. The van der Waals surface area contributed by atoms with Crippen LogP contribution >= 0.6 is 11.3 Å². The largest absolute Gasteiger partial charge is 0.309 e. The van der Waals surface area contributed by atoms with Gasteiger partial charge in [-0.2, -0.15) is 5.10 Å². The molecule has 0 saturated heterocycles. The van der Waals surface area contributed by atoms with Crippen molar-refractivity contribution in [2.45, 2.75) is 58.0 Å². The number of hydrogen-bond donors (Lipinski definition) is 1. The number of aromatic nitrogens is 2. The van der Waals surface area contributed by atoms with Gasteiger partial charge in [0, 0.05) is 35.1 Å². The van der Waals surface area contributed by atoms with Gasteiger partial charge >= 0.3 is 0 Å². The van der Waals surface area contributed by atoms with Gasteiger partial charge in [-0.05, 0) is 56.2 Å². The predicted molar refractivity (Wildman–Crippen MR) is 88.9 cm³/mol. The van der Waals surface area contributed by atoms with Gasteiger partial charge in [0.15, 0.2) is 0 Å². The van der Waals surface area contributed by atoms with Gasteiger partial charge in [0.2, 0.25) is 0 Å². The Morgan fingerprint density at radius 2 is 2.38 bits per heavy atom. The first kappa shape index (κ1) is 14.8. The average molecular weight is 303 g/mol. The van der Waals surface area contributed by atoms with E-state index < -0.39 is 0 Å². The van der Waals surface area contributed by atoms with Crippen LogP contribution in [0.15, 0.2) is 23.8 Å². The second-order valence-corrected chi connectivity index (χ2v) is 6.86. The first-order valence-corrected chi connectivity index (χ1v) is 9.03. The van der Waals surface area contributed by atoms with Crippen LogP contribution < -0.4 is 5.32 Å². The number of fused-ring (bicyclic) bond motifs is 1. The topological polar surface area (TPSA) is 29.9 Å². The summed E-state index contributed by atoms with van der Waals surface area (Å²) in [4.78, 5) is 1.59. The molecule has 21 heavy (non-hydrogen) atoms. The zero-order valence-electron chi connectivity index (χ0n) is 13.0. The monoisotopic (exact) mass is 303 g/mol. The highest BCUT2D eigenvalue weighted by Gasteiger charge is 2.30. The minimum Gasteiger partial charge on any atom is -0.309 e. The maximum Gasteiger partial charge on any atom is 0.0537 e. The van der Waals surface area contributed by atoms with Crippen molar-refractivity contribution in [2.75, 3.05) is 6.54 Å². The van der Waals surface area contributed by atoms with Crippen LogP contribution in [0.25, 0.3) is 0 Å². The van der Waals surface area contributed by atoms with Crippen LogP contribution in [0, 0.1) is 0 Å². The van der Waals surface area contributed by atoms with E-state index in [1.54, 1.807) is 10.4 Å². The van der Waals surface area contributed by atoms with Crippen molar-refractivity contribution in [3.05, 3.63) is 39.8 Å². The molecular formula is C17H25N3S. The van der Waals surface area contributed by atoms with Gasteiger partial charge in [0.05, 0.1) is 6.20 Å². The molecule has 0 bridgehead atoms. The first-order chi connectivity index (χ1) is 10.3. The number of hydrogen-bond acceptors (Lipinski definition) is 3. The molecule has 2 aromatic rings. The van der Waals surface area contributed by atoms with E-state index in [-0.39, 0.29) is 0 Å². The van der Waals surface area contributed by atoms with Crippen molar-refractivity contribution < 1.29 is 0 Å². The van der Waals surface area contributed by atoms with Crippen LogP contribution in [-0.2, 0) is 13.0 Å². The van der Waals surface area contributed by atoms with E-state index in [0.29, 0.717) is 12.0 Å². The van der Waals surface area contributed by atoms with Crippen LogP contribution in [0.3, 0.4) is 0 Å². The van der Waals surface area contributed by atoms with Crippen LogP contribution in [0.2, 0.25) is 0 Å². The summed E-state index contributed by atoms with van der Waals surface area (Å²) in [7, 11) is 0. The molecule has 1 aliphatic rings. The Morgan fingerprint density at radius 3 is 3.14 bits per heavy atom. The molecule has 0 saturated carbocycles. The van der Waals surface area contributed by atoms with Crippen LogP contribution in [-0.4, -0.2) is 16.3 Å². The highest BCUT2D eigenvalue weighted by atomic mass is 32.1. The third kappa shape index (κ3) is 3.06. The molecule has 4 heteroatoms. The van der Waals surface area contributed by atoms with Gasteiger partial charge in [-0.25, -0.2) is 0 Å². The van der Waals surface area contributed by atoms with Gasteiger partial charge in [-0.1, -0.05) is 6.92 Å². The number of nitrogens with zero attached hydrogens (tertiary/aromatic N) is 2. The van der Waals surface area contributed by atoms with Crippen molar-refractivity contribution in [1.29, 1.82) is 0 Å². The van der Waals surface area contributed by atoms with E-state index in [9.17, 15) is 0 Å². The Kier molecular flexibility index (Phi) is 4.76. The van der Waals surface area contributed by atoms with Gasteiger partial charge in [-0.3, -0.25) is 4.68 Å². The minimum absolute atomic E-state index is 0.402. The third-order valence-corrected chi connectivity index (χ3v) is 5.45. The summed E-state index contributed by atoms with van der Waals surface area (Å²) in [6.45, 7) is 6.38. The van der Waals surface area contributed by atoms with Crippen molar-refractivity contribution in [2.24, 2.45) is 0 Å². The smallest absolute Gasteiger partial charge is 0.0537 e. The first-order valence-electron chi connectivity index (χ1n) is 8.15. The molecular weight excluding hydrogens is 278 g/mol. The van der Waals surface area contributed by atoms with Gasteiger partial charge in [0.25, 0.3) is 0 Å². The molecule has 3 nitrogen and oxygen atoms in total. The molecule has 3 rings (SSSR count). The van der Waals surface area contributed by atoms with Crippen LogP contribution in [0.5, 0.6) is 0 Å². The lowest BCUT2D eigenvalue weighted by Gasteiger charge is -2.31. The molecule has 2 atom stereocenters. The maximum atomic E-state index is 4.48. The average Bonchev–Trinajstić information content (AvgIpc) is 3.16. The van der Waals surface area contributed by atoms with E-state index in [0.717, 1.165) is 13.1 Å². The lowest BCUT2D eigenvalue weighted by Crippen LogP contribution is -2.29. The van der Waals surface area contributed by atoms with E-state index in [4.69, 9.17) is 0 Å². The lowest BCUT2D eigenvalue weighted by molar-refractivity contribution is 0.404. The molecule has 0 amide bonds. The highest BCUT2D eigenvalue weighted by Crippen LogP contribution is 2.42. The summed E-state index contributed by atoms with van der Waals surface area (Å²) >= 11 is 1.93. The van der Waals surface area contributed by atoms with E-state index >= 15 is 0 Å². The zero-order chi connectivity index (χ0) is 14.7. The molecule has 0 aliphatic heterocycles. The maximum absolute atomic E-state index is 4.48. The van der Waals surface area contributed by atoms with Crippen molar-refractivity contribution >= 4 is 11.3 Å². The molecule has 114 valence electrons. The SMILES string of the molecule is CCCNC(c1cnn(CC)c1)C1CCCc2sccc21. The quantitative estimate of drug-likeness (QED) is 0.869. The fourth-order valence-corrected chi connectivity index (χ4v) is 4.37. The molecule has 2 heterocycles. The Morgan fingerprint density at radius 1 is 1.48 bits per heavy atom. The zero-order valence-corrected chi connectivity index (χ0v) is 13.8. The molecule has 0 aromatic carbocycles. The van der Waals surface area contributed by atoms with E-state index in [2.05, 4.69) is 48.1 Å². The molecule has 0 radical (unpaired) electrons. The number of thiophene rings is 1. The molecule has 1 N–H and O–H groups in total. The minimum atomic E-state index is 0.402. The normalized spacial score (nSPS) is 19.4. The molecule has 2 unspecified atom stereocenters. The Balaban J connectivity index is 1.89. The Bertz CT molecular complexity index is 572. The summed E-state index contributed by atoms with van der Waals surface area (Å²) in [5.74, 6) is 0.598. The Labute approximate surface area is 131 Å². The fourth-order valence-electron chi connectivity index (χ4n) is 3.37. The summed E-state index contributed by atoms with van der Waals surface area (Å²) in [6.07, 6.45) is 9.29. The van der Waals surface area contributed by atoms with Crippen LogP contribution in [0.4, 0.5) is 0 Å². The molecule has 1 aliphatic carbocycles. The van der Waals surface area contributed by atoms with Gasteiger partial charge in [-0.15, -0.1) is 11.3 Å². The molecule has 0 fully saturated rings. The van der Waals surface area contributed by atoms with Crippen molar-refractivity contribution in [3.63, 3.8) is 0 Å². The van der Waals surface area contributed by atoms with E-state index in [1.807, 2.05) is 16.0 Å². The molecule has 0 spiro atoms. The summed E-state index contributed by atoms with van der Waals surface area (Å²) in [5.41, 5.74) is 2.92. The number of rotatable bonds is 6. The molecule has 2 aromatic heterocycles.